The highest BCUT2D eigenvalue weighted by Gasteiger charge is 2.37. The Morgan fingerprint density at radius 2 is 0.990 bits per heavy atom. The van der Waals surface area contributed by atoms with Gasteiger partial charge in [0.25, 0.3) is 0 Å². The van der Waals surface area contributed by atoms with Gasteiger partial charge in [-0.1, -0.05) is 80.0 Å². The molecule has 26 N–H and O–H groups in total. The van der Waals surface area contributed by atoms with E-state index >= 15 is 0 Å². The number of aliphatic hydroxyl groups excluding tert-OH is 2. The number of fused-ring (bicyclic) bond motifs is 1. The van der Waals surface area contributed by atoms with Crippen molar-refractivity contribution in [3.05, 3.63) is 36.0 Å². The van der Waals surface area contributed by atoms with E-state index in [4.69, 9.17) is 28.7 Å². The predicted octanol–water partition coefficient (Wildman–Crippen LogP) is -5.53. The van der Waals surface area contributed by atoms with Crippen molar-refractivity contribution < 1.29 is 82.8 Å². The number of carbonyl (C=O) groups excluding carboxylic acids is 11. The first kappa shape index (κ1) is 83.4. The van der Waals surface area contributed by atoms with Crippen molar-refractivity contribution in [2.24, 2.45) is 62.3 Å². The lowest BCUT2D eigenvalue weighted by molar-refractivity contribution is -0.143. The van der Waals surface area contributed by atoms with E-state index in [-0.39, 0.29) is 75.9 Å². The second kappa shape index (κ2) is 42.0. The lowest BCUT2D eigenvalue weighted by Gasteiger charge is -2.28. The highest BCUT2D eigenvalue weighted by Crippen LogP contribution is 2.20. The summed E-state index contributed by atoms with van der Waals surface area (Å²) in [5, 5.41) is 66.8. The number of carboxylic acids is 2. The Hall–Kier alpha value is -9.71. The van der Waals surface area contributed by atoms with Crippen molar-refractivity contribution in [2.75, 3.05) is 32.8 Å². The molecule has 0 aliphatic heterocycles. The van der Waals surface area contributed by atoms with E-state index in [1.165, 1.54) is 6.92 Å². The number of amides is 11. The minimum absolute atomic E-state index is 0.0299. The summed E-state index contributed by atoms with van der Waals surface area (Å²) in [5.74, 6) is -15.5. The number of carbonyl (C=O) groups is 13. The van der Waals surface area contributed by atoms with Crippen LogP contribution in [0.25, 0.3) is 10.9 Å². The zero-order valence-corrected chi connectivity index (χ0v) is 56.3. The average Bonchev–Trinajstić information content (AvgIpc) is 1.75. The summed E-state index contributed by atoms with van der Waals surface area (Å²) in [5.41, 5.74) is 29.0. The number of benzene rings is 1. The van der Waals surface area contributed by atoms with Crippen LogP contribution in [0.2, 0.25) is 0 Å². The number of aliphatic carboxylic acids is 2. The molecule has 0 radical (unpaired) electrons. The van der Waals surface area contributed by atoms with Gasteiger partial charge < -0.3 is 113 Å². The smallest absolute Gasteiger partial charge is 0.326 e. The number of hydrogen-bond acceptors (Lipinski definition) is 18. The lowest BCUT2D eigenvalue weighted by atomic mass is 9.97. The van der Waals surface area contributed by atoms with Gasteiger partial charge in [0, 0.05) is 43.0 Å². The third-order valence-corrected chi connectivity index (χ3v) is 15.3. The van der Waals surface area contributed by atoms with Crippen molar-refractivity contribution in [1.82, 2.24) is 63.5 Å². The number of guanidine groups is 2. The van der Waals surface area contributed by atoms with E-state index in [1.54, 1.807) is 85.9 Å². The molecule has 0 bridgehead atoms. The number of rotatable bonds is 44. The minimum Gasteiger partial charge on any atom is -0.481 e. The molecule has 0 saturated heterocycles. The van der Waals surface area contributed by atoms with Crippen LogP contribution < -0.4 is 87.2 Å². The number of nitrogens with one attached hydrogen (secondary N) is 12. The van der Waals surface area contributed by atoms with Crippen molar-refractivity contribution in [3.63, 3.8) is 0 Å². The van der Waals surface area contributed by atoms with Gasteiger partial charge in [-0.3, -0.25) is 67.5 Å². The lowest BCUT2D eigenvalue weighted by Crippen LogP contribution is -2.61. The molecule has 2 aromatic rings. The van der Waals surface area contributed by atoms with Gasteiger partial charge in [0.2, 0.25) is 65.0 Å². The molecule has 1 heterocycles. The molecule has 36 nitrogen and oxygen atoms in total. The molecule has 12 atom stereocenters. The quantitative estimate of drug-likeness (QED) is 0.0167. The molecule has 97 heavy (non-hydrogen) atoms. The van der Waals surface area contributed by atoms with Crippen LogP contribution in [0.3, 0.4) is 0 Å². The Morgan fingerprint density at radius 3 is 1.48 bits per heavy atom. The van der Waals surface area contributed by atoms with Gasteiger partial charge in [-0.15, -0.1) is 0 Å². The standard InChI is InChI=1S/C61H101N19O17/c1-10-32(8)48(58(95)77-43(28-82)56(93)79-46(30(4)5)57(94)71-33(9)49(86)80-47(31(6)7)59(96)97)78-44(83)26-70-51(88)42(24-34-25-69-37-16-12-11-15-35(34)37)76-53(90)39(18-14-22-68-61(65)66)74-55(92)41(23-29(2)3)75-52(89)38(17-13-21-67-60(63)64)73-54(91)40(19-20-45(84)85)72-50(87)36(62)27-81/h11-12,15-16,25,29-33,36,38-43,46-48,69,81-82H,10,13-14,17-24,26-28,62H2,1-9H3,(H,70,88)(H,71,94)(H,72,87)(H,73,91)(H,74,92)(H,75,89)(H,76,90)(H,77,95)(H,78,83)(H,79,93)(H,80,86)(H,84,85)(H,96,97)(H4,63,64,67)(H4,65,66,68)/t32-,33-,36-,38-,39-,40-,41-,42-,43-,46-,47-,48-/m0/s1. The number of para-hydroxylation sites is 1. The van der Waals surface area contributed by atoms with E-state index in [9.17, 15) is 82.8 Å². The van der Waals surface area contributed by atoms with Crippen molar-refractivity contribution >= 4 is 99.7 Å². The number of aromatic amines is 1. The Labute approximate surface area is 561 Å². The maximum absolute atomic E-state index is 14.7. The molecule has 1 aromatic carbocycles. The first-order valence-corrected chi connectivity index (χ1v) is 31.9. The molecular weight excluding hydrogens is 1270 g/mol. The van der Waals surface area contributed by atoms with Gasteiger partial charge in [0.1, 0.15) is 66.5 Å². The molecule has 0 saturated carbocycles. The summed E-state index contributed by atoms with van der Waals surface area (Å²) in [7, 11) is 0. The van der Waals surface area contributed by atoms with Crippen molar-refractivity contribution in [3.8, 4) is 0 Å². The largest absolute Gasteiger partial charge is 0.481 e. The number of carboxylic acid groups (broad SMARTS) is 2. The Balaban J connectivity index is 2.51. The number of hydrogen-bond donors (Lipinski definition) is 21. The van der Waals surface area contributed by atoms with Crippen LogP contribution in [0.4, 0.5) is 0 Å². The third-order valence-electron chi connectivity index (χ3n) is 15.3. The fourth-order valence-electron chi connectivity index (χ4n) is 9.59. The van der Waals surface area contributed by atoms with E-state index in [2.05, 4.69) is 73.5 Å². The first-order valence-electron chi connectivity index (χ1n) is 31.9. The summed E-state index contributed by atoms with van der Waals surface area (Å²) >= 11 is 0. The normalized spacial score (nSPS) is 14.9. The summed E-state index contributed by atoms with van der Waals surface area (Å²) < 4.78 is 0. The van der Waals surface area contributed by atoms with Gasteiger partial charge in [-0.25, -0.2) is 4.79 Å². The van der Waals surface area contributed by atoms with Crippen LogP contribution in [0.15, 0.2) is 40.4 Å². The number of H-pyrrole nitrogens is 1. The maximum atomic E-state index is 14.7. The van der Waals surface area contributed by atoms with Crippen molar-refractivity contribution in [1.29, 1.82) is 0 Å². The molecule has 11 amide bonds. The highest BCUT2D eigenvalue weighted by molar-refractivity contribution is 5.99. The van der Waals surface area contributed by atoms with Crippen LogP contribution in [0, 0.1) is 23.7 Å². The number of nitrogens with two attached hydrogens (primary N) is 5. The summed E-state index contributed by atoms with van der Waals surface area (Å²) in [4.78, 5) is 186. The van der Waals surface area contributed by atoms with E-state index < -0.39 is 194 Å². The van der Waals surface area contributed by atoms with Gasteiger partial charge in [0.05, 0.1) is 19.8 Å². The molecule has 2 rings (SSSR count). The average molecular weight is 1370 g/mol. The monoisotopic (exact) mass is 1370 g/mol. The molecule has 0 aliphatic rings. The minimum atomic E-state index is -1.69. The third kappa shape index (κ3) is 29.4. The van der Waals surface area contributed by atoms with Crippen molar-refractivity contribution in [2.45, 2.75) is 187 Å². The molecular formula is C61H101N19O17. The van der Waals surface area contributed by atoms with Gasteiger partial charge in [-0.2, -0.15) is 0 Å². The molecule has 1 aromatic heterocycles. The second-order valence-electron chi connectivity index (χ2n) is 24.5. The number of aliphatic hydroxyl groups is 2. The van der Waals surface area contributed by atoms with Crippen LogP contribution in [-0.4, -0.2) is 214 Å². The number of aliphatic imine (C=N–C) groups is 2. The van der Waals surface area contributed by atoms with E-state index in [0.717, 1.165) is 0 Å². The summed E-state index contributed by atoms with van der Waals surface area (Å²) in [6.45, 7) is 11.7. The zero-order valence-electron chi connectivity index (χ0n) is 56.3. The van der Waals surface area contributed by atoms with Crippen LogP contribution in [0.1, 0.15) is 119 Å². The van der Waals surface area contributed by atoms with E-state index in [0.29, 0.717) is 16.5 Å². The molecule has 0 unspecified atom stereocenters. The number of nitrogens with zero attached hydrogens (tertiary/aromatic N) is 2. The molecule has 36 heteroatoms. The molecule has 0 spiro atoms. The fraction of sp³-hybridized carbons (Fsp3) is 0.623. The van der Waals surface area contributed by atoms with Gasteiger partial charge in [-0.05, 0) is 80.8 Å². The fourth-order valence-corrected chi connectivity index (χ4v) is 9.59. The molecule has 542 valence electrons. The van der Waals surface area contributed by atoms with Crippen LogP contribution >= 0.6 is 0 Å². The highest BCUT2D eigenvalue weighted by atomic mass is 16.4. The summed E-state index contributed by atoms with van der Waals surface area (Å²) in [6, 6.07) is -8.85. The number of aromatic nitrogens is 1. The van der Waals surface area contributed by atoms with Gasteiger partial charge in [0.15, 0.2) is 11.9 Å². The zero-order chi connectivity index (χ0) is 73.4. The van der Waals surface area contributed by atoms with E-state index in [1.807, 2.05) is 0 Å². The van der Waals surface area contributed by atoms with Crippen LogP contribution in [-0.2, 0) is 68.7 Å². The Kier molecular flexibility index (Phi) is 36.1. The maximum Gasteiger partial charge on any atom is 0.326 e. The Bertz CT molecular complexity index is 3080. The van der Waals surface area contributed by atoms with Gasteiger partial charge >= 0.3 is 11.9 Å². The summed E-state index contributed by atoms with van der Waals surface area (Å²) in [6.07, 6.45) is 0.323. The Morgan fingerprint density at radius 1 is 0.515 bits per heavy atom. The van der Waals surface area contributed by atoms with Crippen LogP contribution in [0.5, 0.6) is 0 Å². The first-order chi connectivity index (χ1) is 45.5. The second-order valence-corrected chi connectivity index (χ2v) is 24.5. The molecule has 0 aliphatic carbocycles. The SMILES string of the molecule is CC[C@H](C)[C@H](NC(=O)CNC(=O)[C@H](Cc1c[nH]c2ccccc12)NC(=O)[C@H](CCCN=C(N)N)NC(=O)[C@H](CC(C)C)NC(=O)[C@H](CCCN=C(N)N)NC(=O)[C@H](CCC(=O)O)NC(=O)[C@@H](N)CO)C(=O)N[C@@H](CO)C(=O)N[C@H](C(=O)N[C@@H](C)C(=O)N[C@H](C(=O)O)C(C)C)C(C)C. The molecule has 0 fully saturated rings. The predicted molar refractivity (Wildman–Crippen MR) is 355 cm³/mol. The topological polar surface area (TPSA) is 606 Å².